The monoisotopic (exact) mass is 397 g/mol. The van der Waals surface area contributed by atoms with Gasteiger partial charge in [-0.25, -0.2) is 18.0 Å². The van der Waals surface area contributed by atoms with Crippen molar-refractivity contribution in [3.63, 3.8) is 0 Å². The normalized spacial score (nSPS) is 12.1. The van der Waals surface area contributed by atoms with Gasteiger partial charge in [-0.3, -0.25) is 4.72 Å². The molecule has 1 atom stereocenters. The van der Waals surface area contributed by atoms with Gasteiger partial charge in [0, 0.05) is 0 Å². The third-order valence-electron chi connectivity index (χ3n) is 3.34. The van der Waals surface area contributed by atoms with E-state index in [1.165, 1.54) is 44.4 Å². The molecule has 0 fully saturated rings. The van der Waals surface area contributed by atoms with Gasteiger partial charge in [-0.15, -0.1) is 0 Å². The number of esters is 2. The zero-order valence-corrected chi connectivity index (χ0v) is 15.5. The molecule has 0 aromatic heterocycles. The molecule has 0 aliphatic rings. The second-order valence-electron chi connectivity index (χ2n) is 5.18. The lowest BCUT2D eigenvalue weighted by Gasteiger charge is -2.12. The van der Waals surface area contributed by atoms with Gasteiger partial charge in [-0.1, -0.05) is 23.7 Å². The molecule has 1 N–H and O–H groups in total. The molecule has 26 heavy (non-hydrogen) atoms. The van der Waals surface area contributed by atoms with Gasteiger partial charge in [-0.05, 0) is 43.3 Å². The molecule has 0 saturated heterocycles. The number of hydrogen-bond donors (Lipinski definition) is 1. The maximum Gasteiger partial charge on any atom is 0.346 e. The molecule has 138 valence electrons. The Hall–Kier alpha value is -2.58. The van der Waals surface area contributed by atoms with Crippen LogP contribution >= 0.6 is 11.6 Å². The summed E-state index contributed by atoms with van der Waals surface area (Å²) in [5.41, 5.74) is 0.335. The average molecular weight is 398 g/mol. The van der Waals surface area contributed by atoms with Gasteiger partial charge >= 0.3 is 11.9 Å². The van der Waals surface area contributed by atoms with Crippen molar-refractivity contribution < 1.29 is 27.5 Å². The van der Waals surface area contributed by atoms with Gasteiger partial charge in [0.2, 0.25) is 0 Å². The highest BCUT2D eigenvalue weighted by Gasteiger charge is 2.20. The van der Waals surface area contributed by atoms with E-state index >= 15 is 0 Å². The van der Waals surface area contributed by atoms with Gasteiger partial charge in [0.1, 0.15) is 0 Å². The van der Waals surface area contributed by atoms with Crippen LogP contribution in [0.15, 0.2) is 53.4 Å². The summed E-state index contributed by atoms with van der Waals surface area (Å²) in [6, 6.07) is 11.5. The van der Waals surface area contributed by atoms with Crippen LogP contribution in [0, 0.1) is 0 Å². The molecule has 0 spiro atoms. The summed E-state index contributed by atoms with van der Waals surface area (Å²) in [4.78, 5) is 23.2. The topological polar surface area (TPSA) is 98.8 Å². The highest BCUT2D eigenvalue weighted by Crippen LogP contribution is 2.24. The fourth-order valence-electron chi connectivity index (χ4n) is 1.96. The Morgan fingerprint density at radius 1 is 1.08 bits per heavy atom. The first-order valence-electron chi connectivity index (χ1n) is 7.41. The van der Waals surface area contributed by atoms with Crippen LogP contribution in [-0.4, -0.2) is 33.6 Å². The van der Waals surface area contributed by atoms with E-state index in [-0.39, 0.29) is 21.2 Å². The van der Waals surface area contributed by atoms with Gasteiger partial charge in [-0.2, -0.15) is 0 Å². The highest BCUT2D eigenvalue weighted by atomic mass is 35.5. The number of carbonyl (C=O) groups is 2. The number of hydrogen-bond acceptors (Lipinski definition) is 6. The van der Waals surface area contributed by atoms with E-state index in [4.69, 9.17) is 16.3 Å². The maximum atomic E-state index is 12.4. The van der Waals surface area contributed by atoms with Crippen molar-refractivity contribution in [3.8, 4) is 0 Å². The maximum absolute atomic E-state index is 12.4. The zero-order chi connectivity index (χ0) is 19.3. The SMILES string of the molecule is COC(=O)[C@@H](C)OC(=O)c1ccc(S(=O)(=O)Nc2ccccc2Cl)cc1. The average Bonchev–Trinajstić information content (AvgIpc) is 2.62. The number of rotatable bonds is 6. The van der Waals surface area contributed by atoms with Gasteiger partial charge in [0.15, 0.2) is 6.10 Å². The summed E-state index contributed by atoms with van der Waals surface area (Å²) in [5, 5.41) is 0.257. The second-order valence-corrected chi connectivity index (χ2v) is 7.27. The first-order valence-corrected chi connectivity index (χ1v) is 9.27. The quantitative estimate of drug-likeness (QED) is 0.752. The fraction of sp³-hybridized carbons (Fsp3) is 0.176. The Balaban J connectivity index is 2.14. The summed E-state index contributed by atoms with van der Waals surface area (Å²) in [6.45, 7) is 1.37. The lowest BCUT2D eigenvalue weighted by molar-refractivity contribution is -0.149. The Bertz CT molecular complexity index is 911. The molecule has 0 amide bonds. The summed E-state index contributed by atoms with van der Waals surface area (Å²) < 4.78 is 36.6. The Kier molecular flexibility index (Phi) is 6.23. The van der Waals surface area contributed by atoms with Crippen molar-refractivity contribution in [2.24, 2.45) is 0 Å². The number of ether oxygens (including phenoxy) is 2. The lowest BCUT2D eigenvalue weighted by Crippen LogP contribution is -2.25. The molecule has 0 unspecified atom stereocenters. The van der Waals surface area contributed by atoms with E-state index in [2.05, 4.69) is 9.46 Å². The number of halogens is 1. The summed E-state index contributed by atoms with van der Waals surface area (Å²) >= 11 is 5.94. The van der Waals surface area contributed by atoms with Crippen molar-refractivity contribution >= 4 is 39.3 Å². The third-order valence-corrected chi connectivity index (χ3v) is 5.05. The molecule has 0 heterocycles. The second kappa shape index (κ2) is 8.20. The number of sulfonamides is 1. The van der Waals surface area contributed by atoms with Crippen molar-refractivity contribution in [1.29, 1.82) is 0 Å². The van der Waals surface area contributed by atoms with E-state index in [0.29, 0.717) is 0 Å². The number of anilines is 1. The van der Waals surface area contributed by atoms with Crippen LogP contribution in [0.25, 0.3) is 0 Å². The number of para-hydroxylation sites is 1. The first kappa shape index (κ1) is 19.7. The molecule has 2 aromatic rings. The van der Waals surface area contributed by atoms with E-state index in [9.17, 15) is 18.0 Å². The molecule has 0 radical (unpaired) electrons. The lowest BCUT2D eigenvalue weighted by atomic mass is 10.2. The van der Waals surface area contributed by atoms with Crippen LogP contribution in [0.3, 0.4) is 0 Å². The number of carbonyl (C=O) groups excluding carboxylic acids is 2. The van der Waals surface area contributed by atoms with Crippen LogP contribution in [-0.2, 0) is 24.3 Å². The Morgan fingerprint density at radius 2 is 1.69 bits per heavy atom. The van der Waals surface area contributed by atoms with Crippen LogP contribution in [0.5, 0.6) is 0 Å². The number of nitrogens with one attached hydrogen (secondary N) is 1. The van der Waals surface area contributed by atoms with Gasteiger partial charge in [0.05, 0.1) is 28.3 Å². The minimum absolute atomic E-state index is 0.0602. The van der Waals surface area contributed by atoms with Crippen LogP contribution in [0.2, 0.25) is 5.02 Å². The van der Waals surface area contributed by atoms with E-state index in [1.807, 2.05) is 0 Å². The predicted molar refractivity (Wildman–Crippen MR) is 95.6 cm³/mol. The van der Waals surface area contributed by atoms with E-state index in [1.54, 1.807) is 18.2 Å². The predicted octanol–water partition coefficient (Wildman–Crippen LogP) is 2.86. The molecule has 0 aliphatic carbocycles. The minimum atomic E-state index is -3.88. The van der Waals surface area contributed by atoms with Gasteiger partial charge < -0.3 is 9.47 Å². The standard InChI is InChI=1S/C17H16ClNO6S/c1-11(16(20)24-2)25-17(21)12-7-9-13(10-8-12)26(22,23)19-15-6-4-3-5-14(15)18/h3-11,19H,1-2H3/t11-/m1/s1. The Morgan fingerprint density at radius 3 is 2.27 bits per heavy atom. The molecule has 7 nitrogen and oxygen atoms in total. The minimum Gasteiger partial charge on any atom is -0.466 e. The summed E-state index contributed by atoms with van der Waals surface area (Å²) in [5.74, 6) is -1.47. The zero-order valence-electron chi connectivity index (χ0n) is 13.9. The number of methoxy groups -OCH3 is 1. The molecule has 2 rings (SSSR count). The smallest absolute Gasteiger partial charge is 0.346 e. The van der Waals surface area contributed by atoms with Crippen molar-refractivity contribution in [1.82, 2.24) is 0 Å². The highest BCUT2D eigenvalue weighted by molar-refractivity contribution is 7.92. The first-order chi connectivity index (χ1) is 12.2. The van der Waals surface area contributed by atoms with Crippen molar-refractivity contribution in [2.45, 2.75) is 17.9 Å². The van der Waals surface area contributed by atoms with Crippen molar-refractivity contribution in [2.75, 3.05) is 11.8 Å². The van der Waals surface area contributed by atoms with Crippen LogP contribution in [0.1, 0.15) is 17.3 Å². The largest absolute Gasteiger partial charge is 0.466 e. The van der Waals surface area contributed by atoms with Crippen LogP contribution in [0.4, 0.5) is 5.69 Å². The van der Waals surface area contributed by atoms with Crippen LogP contribution < -0.4 is 4.72 Å². The molecule has 0 aliphatic heterocycles. The third kappa shape index (κ3) is 4.74. The molecular formula is C17H16ClNO6S. The summed E-state index contributed by atoms with van der Waals surface area (Å²) in [7, 11) is -2.70. The molecular weight excluding hydrogens is 382 g/mol. The van der Waals surface area contributed by atoms with E-state index in [0.717, 1.165) is 0 Å². The summed E-state index contributed by atoms with van der Waals surface area (Å²) in [6.07, 6.45) is -1.07. The Labute approximate surface area is 155 Å². The fourth-order valence-corrected chi connectivity index (χ4v) is 3.28. The van der Waals surface area contributed by atoms with E-state index < -0.39 is 28.1 Å². The number of benzene rings is 2. The van der Waals surface area contributed by atoms with Crippen molar-refractivity contribution in [3.05, 3.63) is 59.1 Å². The molecule has 2 aromatic carbocycles. The molecule has 0 bridgehead atoms. The molecule has 9 heteroatoms. The molecule has 0 saturated carbocycles. The van der Waals surface area contributed by atoms with Gasteiger partial charge in [0.25, 0.3) is 10.0 Å².